The Kier molecular flexibility index (Phi) is 6.60. The second-order valence-electron chi connectivity index (χ2n) is 6.80. The van der Waals surface area contributed by atoms with E-state index in [1.807, 2.05) is 12.1 Å². The van der Waals surface area contributed by atoms with Crippen LogP contribution in [0.15, 0.2) is 48.8 Å². The number of hydrogen-bond donors (Lipinski definition) is 3. The largest absolute Gasteiger partial charge is 0.351 e. The lowest BCUT2D eigenvalue weighted by Crippen LogP contribution is -2.48. The number of benzene rings is 1. The van der Waals surface area contributed by atoms with E-state index in [-0.39, 0.29) is 18.7 Å². The summed E-state index contributed by atoms with van der Waals surface area (Å²) in [5.74, 6) is -1.01. The Labute approximate surface area is 168 Å². The molecule has 1 amide bonds. The molecule has 1 aromatic carbocycles. The summed E-state index contributed by atoms with van der Waals surface area (Å²) in [5.41, 5.74) is 2.06. The first-order chi connectivity index (χ1) is 13.9. The van der Waals surface area contributed by atoms with Crippen molar-refractivity contribution in [2.24, 2.45) is 0 Å². The van der Waals surface area contributed by atoms with E-state index >= 15 is 0 Å². The highest BCUT2D eigenvalue weighted by Gasteiger charge is 2.24. The summed E-state index contributed by atoms with van der Waals surface area (Å²) in [6.45, 7) is 1.94. The van der Waals surface area contributed by atoms with Crippen LogP contribution in [0.25, 0.3) is 11.0 Å². The van der Waals surface area contributed by atoms with Crippen LogP contribution in [0.2, 0.25) is 0 Å². The number of nitrogens with zero attached hydrogens (tertiary/aromatic N) is 1. The molecule has 9 heteroatoms. The van der Waals surface area contributed by atoms with Crippen molar-refractivity contribution in [1.29, 1.82) is 0 Å². The zero-order valence-electron chi connectivity index (χ0n) is 16.0. The lowest BCUT2D eigenvalue weighted by Gasteiger charge is -2.19. The molecule has 1 atom stereocenters. The fourth-order valence-corrected chi connectivity index (χ4v) is 4.31. The highest BCUT2D eigenvalue weighted by Crippen LogP contribution is 2.12. The summed E-state index contributed by atoms with van der Waals surface area (Å²) in [5, 5.41) is 3.66. The van der Waals surface area contributed by atoms with Gasteiger partial charge in [0.25, 0.3) is 0 Å². The number of rotatable bonds is 9. The van der Waals surface area contributed by atoms with Gasteiger partial charge in [0.05, 0.1) is 5.75 Å². The number of H-pyrrole nitrogens is 1. The fraction of sp³-hybridized carbons (Fsp3) is 0.300. The third kappa shape index (κ3) is 5.85. The number of aromatic nitrogens is 2. The average Bonchev–Trinajstić information content (AvgIpc) is 3.13. The Morgan fingerprint density at radius 2 is 2.07 bits per heavy atom. The Hall–Kier alpha value is -2.78. The number of hydrogen-bond acceptors (Lipinski definition) is 4. The van der Waals surface area contributed by atoms with E-state index in [9.17, 15) is 17.6 Å². The Morgan fingerprint density at radius 3 is 2.83 bits per heavy atom. The molecule has 0 unspecified atom stereocenters. The van der Waals surface area contributed by atoms with Gasteiger partial charge in [-0.15, -0.1) is 0 Å². The zero-order chi connectivity index (χ0) is 20.9. The molecule has 0 aliphatic rings. The molecule has 3 rings (SSSR count). The van der Waals surface area contributed by atoms with E-state index in [2.05, 4.69) is 20.0 Å². The van der Waals surface area contributed by atoms with Gasteiger partial charge in [0.1, 0.15) is 17.5 Å². The minimum Gasteiger partial charge on any atom is -0.351 e. The quantitative estimate of drug-likeness (QED) is 0.496. The second kappa shape index (κ2) is 9.15. The summed E-state index contributed by atoms with van der Waals surface area (Å²) < 4.78 is 40.4. The maximum atomic E-state index is 13.5. The maximum Gasteiger partial charge on any atom is 0.238 e. The third-order valence-corrected chi connectivity index (χ3v) is 5.95. The number of nitrogens with one attached hydrogen (secondary N) is 3. The fourth-order valence-electron chi connectivity index (χ4n) is 3.03. The monoisotopic (exact) mass is 418 g/mol. The number of aromatic amines is 1. The molecule has 3 N–H and O–H groups in total. The van der Waals surface area contributed by atoms with Crippen LogP contribution in [0, 0.1) is 5.82 Å². The van der Waals surface area contributed by atoms with Gasteiger partial charge in [0.15, 0.2) is 0 Å². The van der Waals surface area contributed by atoms with E-state index in [1.54, 1.807) is 25.4 Å². The van der Waals surface area contributed by atoms with Crippen molar-refractivity contribution < 1.29 is 17.6 Å². The number of sulfonamides is 1. The normalized spacial score (nSPS) is 12.8. The molecule has 154 valence electrons. The van der Waals surface area contributed by atoms with Gasteiger partial charge < -0.3 is 10.3 Å². The molecule has 0 aliphatic carbocycles. The topological polar surface area (TPSA) is 104 Å². The zero-order valence-corrected chi connectivity index (χ0v) is 16.8. The van der Waals surface area contributed by atoms with Gasteiger partial charge in [-0.1, -0.05) is 19.1 Å². The first-order valence-electron chi connectivity index (χ1n) is 9.30. The summed E-state index contributed by atoms with van der Waals surface area (Å²) in [6, 6.07) is 8.49. The van der Waals surface area contributed by atoms with Gasteiger partial charge >= 0.3 is 0 Å². The number of halogens is 1. The molecule has 7 nitrogen and oxygen atoms in total. The van der Waals surface area contributed by atoms with E-state index < -0.39 is 27.8 Å². The standard InChI is InChI=1S/C20H23FN4O3S/c1-2-8-29(27,28)25-18(11-14-4-3-5-17(21)10-14)20(26)24-13-15-9-16-6-7-22-19(16)23-12-15/h3-7,9-10,12,18,25H,2,8,11,13H2,1H3,(H,22,23)(H,24,26)/t18-/m0/s1. The van der Waals surface area contributed by atoms with Crippen molar-refractivity contribution in [3.63, 3.8) is 0 Å². The summed E-state index contributed by atoms with van der Waals surface area (Å²) in [7, 11) is -3.63. The van der Waals surface area contributed by atoms with Crippen molar-refractivity contribution in [3.8, 4) is 0 Å². The Balaban J connectivity index is 1.73. The van der Waals surface area contributed by atoms with Gasteiger partial charge in [0.2, 0.25) is 15.9 Å². The summed E-state index contributed by atoms with van der Waals surface area (Å²) >= 11 is 0. The summed E-state index contributed by atoms with van der Waals surface area (Å²) in [6.07, 6.45) is 3.88. The SMILES string of the molecule is CCCS(=O)(=O)N[C@@H](Cc1cccc(F)c1)C(=O)NCc1cnc2[nH]ccc2c1. The van der Waals surface area contributed by atoms with Crippen LogP contribution < -0.4 is 10.0 Å². The Morgan fingerprint density at radius 1 is 1.24 bits per heavy atom. The molecule has 0 bridgehead atoms. The highest BCUT2D eigenvalue weighted by atomic mass is 32.2. The molecule has 0 radical (unpaired) electrons. The Bertz CT molecular complexity index is 1100. The predicted octanol–water partition coefficient (Wildman–Crippen LogP) is 2.26. The van der Waals surface area contributed by atoms with Crippen molar-refractivity contribution in [1.82, 2.24) is 20.0 Å². The molecule has 0 aliphatic heterocycles. The molecule has 0 saturated heterocycles. The van der Waals surface area contributed by atoms with Crippen LogP contribution in [-0.2, 0) is 27.8 Å². The van der Waals surface area contributed by atoms with Crippen molar-refractivity contribution >= 4 is 27.0 Å². The highest BCUT2D eigenvalue weighted by molar-refractivity contribution is 7.89. The van der Waals surface area contributed by atoms with Crippen LogP contribution in [0.3, 0.4) is 0 Å². The molecular formula is C20H23FN4O3S. The molecule has 3 aromatic rings. The minimum atomic E-state index is -3.63. The molecular weight excluding hydrogens is 395 g/mol. The minimum absolute atomic E-state index is 0.0433. The van der Waals surface area contributed by atoms with Crippen LogP contribution in [0.4, 0.5) is 4.39 Å². The molecule has 0 saturated carbocycles. The number of carbonyl (C=O) groups is 1. The van der Waals surface area contributed by atoms with E-state index in [4.69, 9.17) is 0 Å². The first-order valence-corrected chi connectivity index (χ1v) is 11.0. The van der Waals surface area contributed by atoms with E-state index in [1.165, 1.54) is 18.2 Å². The van der Waals surface area contributed by atoms with Gasteiger partial charge in [0, 0.05) is 24.3 Å². The smallest absolute Gasteiger partial charge is 0.238 e. The van der Waals surface area contributed by atoms with Gasteiger partial charge in [-0.3, -0.25) is 4.79 Å². The van der Waals surface area contributed by atoms with Crippen molar-refractivity contribution in [3.05, 3.63) is 65.7 Å². The first kappa shape index (κ1) is 20.9. The number of carbonyl (C=O) groups excluding carboxylic acids is 1. The van der Waals surface area contributed by atoms with Crippen LogP contribution in [-0.4, -0.2) is 36.1 Å². The molecule has 0 fully saturated rings. The summed E-state index contributed by atoms with van der Waals surface area (Å²) in [4.78, 5) is 20.0. The second-order valence-corrected chi connectivity index (χ2v) is 8.67. The van der Waals surface area contributed by atoms with E-state index in [0.717, 1.165) is 16.6 Å². The van der Waals surface area contributed by atoms with Gasteiger partial charge in [-0.25, -0.2) is 22.5 Å². The number of fused-ring (bicyclic) bond motifs is 1. The predicted molar refractivity (Wildman–Crippen MR) is 109 cm³/mol. The number of pyridine rings is 1. The van der Waals surface area contributed by atoms with E-state index in [0.29, 0.717) is 12.0 Å². The van der Waals surface area contributed by atoms with Crippen molar-refractivity contribution in [2.75, 3.05) is 5.75 Å². The number of amides is 1. The lowest BCUT2D eigenvalue weighted by atomic mass is 10.1. The molecule has 2 heterocycles. The van der Waals surface area contributed by atoms with Crippen LogP contribution >= 0.6 is 0 Å². The molecule has 0 spiro atoms. The molecule has 29 heavy (non-hydrogen) atoms. The maximum absolute atomic E-state index is 13.5. The van der Waals surface area contributed by atoms with Gasteiger partial charge in [-0.05, 0) is 48.2 Å². The van der Waals surface area contributed by atoms with Crippen LogP contribution in [0.1, 0.15) is 24.5 Å². The third-order valence-electron chi connectivity index (χ3n) is 4.36. The van der Waals surface area contributed by atoms with Crippen LogP contribution in [0.5, 0.6) is 0 Å². The molecule has 2 aromatic heterocycles. The average molecular weight is 418 g/mol. The lowest BCUT2D eigenvalue weighted by molar-refractivity contribution is -0.122. The van der Waals surface area contributed by atoms with Gasteiger partial charge in [-0.2, -0.15) is 0 Å². The van der Waals surface area contributed by atoms with Crippen molar-refractivity contribution in [2.45, 2.75) is 32.4 Å².